The van der Waals surface area contributed by atoms with Crippen molar-refractivity contribution >= 4 is 12.1 Å². The highest BCUT2D eigenvalue weighted by Gasteiger charge is 2.26. The molecule has 0 bridgehead atoms. The van der Waals surface area contributed by atoms with E-state index in [1.165, 1.54) is 0 Å². The van der Waals surface area contributed by atoms with Crippen LogP contribution in [0.4, 0.5) is 4.79 Å². The third kappa shape index (κ3) is 7.05. The molecule has 0 aliphatic carbocycles. The van der Waals surface area contributed by atoms with Crippen LogP contribution in [0.2, 0.25) is 0 Å². The zero-order chi connectivity index (χ0) is 18.2. The molecular formula is C18H23NO5. The van der Waals surface area contributed by atoms with Crippen LogP contribution >= 0.6 is 0 Å². The normalized spacial score (nSPS) is 11.8. The molecular weight excluding hydrogens is 310 g/mol. The molecule has 0 spiro atoms. The highest BCUT2D eigenvalue weighted by molar-refractivity contribution is 5.81. The zero-order valence-electron chi connectivity index (χ0n) is 14.4. The topological polar surface area (TPSA) is 73.9 Å². The van der Waals surface area contributed by atoms with Gasteiger partial charge in [0.2, 0.25) is 0 Å². The maximum atomic E-state index is 12.0. The largest absolute Gasteiger partial charge is 0.497 e. The van der Waals surface area contributed by atoms with Gasteiger partial charge in [-0.15, -0.1) is 12.3 Å². The molecule has 1 unspecified atom stereocenters. The first-order chi connectivity index (χ1) is 11.2. The number of nitrogens with one attached hydrogen (secondary N) is 1. The average molecular weight is 333 g/mol. The average Bonchev–Trinajstić information content (AvgIpc) is 2.51. The van der Waals surface area contributed by atoms with Crippen molar-refractivity contribution in [2.75, 3.05) is 7.11 Å². The fraction of sp³-hybridized carbons (Fsp3) is 0.444. The van der Waals surface area contributed by atoms with E-state index >= 15 is 0 Å². The number of hydrogen-bond donors (Lipinski definition) is 1. The molecule has 130 valence electrons. The fourth-order valence-electron chi connectivity index (χ4n) is 1.74. The Hall–Kier alpha value is -2.68. The highest BCUT2D eigenvalue weighted by atomic mass is 16.6. The molecule has 1 atom stereocenters. The molecule has 1 aromatic carbocycles. The molecule has 6 nitrogen and oxygen atoms in total. The Morgan fingerprint density at radius 1 is 1.25 bits per heavy atom. The Morgan fingerprint density at radius 2 is 1.88 bits per heavy atom. The number of carbonyl (C=O) groups is 2. The quantitative estimate of drug-likeness (QED) is 0.640. The lowest BCUT2D eigenvalue weighted by atomic mass is 10.1. The molecule has 0 aromatic heterocycles. The van der Waals surface area contributed by atoms with Crippen LogP contribution in [0.5, 0.6) is 5.75 Å². The maximum Gasteiger partial charge on any atom is 0.408 e. The van der Waals surface area contributed by atoms with Gasteiger partial charge >= 0.3 is 12.1 Å². The van der Waals surface area contributed by atoms with Crippen molar-refractivity contribution in [1.29, 1.82) is 0 Å². The number of hydrogen-bond acceptors (Lipinski definition) is 5. The molecule has 0 heterocycles. The van der Waals surface area contributed by atoms with Crippen LogP contribution in [0.15, 0.2) is 24.3 Å². The van der Waals surface area contributed by atoms with Crippen LogP contribution in [-0.2, 0) is 20.9 Å². The summed E-state index contributed by atoms with van der Waals surface area (Å²) >= 11 is 0. The second kappa shape index (κ2) is 8.82. The molecule has 24 heavy (non-hydrogen) atoms. The van der Waals surface area contributed by atoms with Gasteiger partial charge in [-0.3, -0.25) is 0 Å². The minimum atomic E-state index is -0.947. The van der Waals surface area contributed by atoms with E-state index in [0.29, 0.717) is 5.75 Å². The van der Waals surface area contributed by atoms with Gasteiger partial charge in [-0.25, -0.2) is 9.59 Å². The minimum Gasteiger partial charge on any atom is -0.497 e. The predicted molar refractivity (Wildman–Crippen MR) is 89.4 cm³/mol. The number of ether oxygens (including phenoxy) is 3. The summed E-state index contributed by atoms with van der Waals surface area (Å²) in [5.41, 5.74) is 0.121. The molecule has 0 radical (unpaired) electrons. The van der Waals surface area contributed by atoms with Gasteiger partial charge in [0.1, 0.15) is 24.0 Å². The number of benzene rings is 1. The first-order valence-electron chi connectivity index (χ1n) is 7.47. The summed E-state index contributed by atoms with van der Waals surface area (Å²) in [6.45, 7) is 5.27. The molecule has 0 saturated carbocycles. The molecule has 0 saturated heterocycles. The number of alkyl carbamates (subject to hydrolysis) is 1. The zero-order valence-corrected chi connectivity index (χ0v) is 14.4. The highest BCUT2D eigenvalue weighted by Crippen LogP contribution is 2.12. The lowest BCUT2D eigenvalue weighted by molar-refractivity contribution is -0.157. The number of esters is 1. The van der Waals surface area contributed by atoms with E-state index < -0.39 is 23.7 Å². The van der Waals surface area contributed by atoms with Gasteiger partial charge in [-0.1, -0.05) is 12.1 Å². The van der Waals surface area contributed by atoms with Crippen LogP contribution in [0.1, 0.15) is 32.8 Å². The Balaban J connectivity index is 2.55. The van der Waals surface area contributed by atoms with Crippen molar-refractivity contribution in [3.63, 3.8) is 0 Å². The van der Waals surface area contributed by atoms with Gasteiger partial charge in [0.25, 0.3) is 0 Å². The van der Waals surface area contributed by atoms with Crippen LogP contribution in [0.3, 0.4) is 0 Å². The Bertz CT molecular complexity index is 595. The third-order valence-corrected chi connectivity index (χ3v) is 2.83. The van der Waals surface area contributed by atoms with Crippen molar-refractivity contribution in [3.05, 3.63) is 29.8 Å². The van der Waals surface area contributed by atoms with Crippen molar-refractivity contribution < 1.29 is 23.8 Å². The molecule has 0 aliphatic heterocycles. The molecule has 0 fully saturated rings. The monoisotopic (exact) mass is 333 g/mol. The first-order valence-corrected chi connectivity index (χ1v) is 7.47. The number of methoxy groups -OCH3 is 1. The molecule has 1 N–H and O–H groups in total. The maximum absolute atomic E-state index is 12.0. The fourth-order valence-corrected chi connectivity index (χ4v) is 1.74. The smallest absolute Gasteiger partial charge is 0.408 e. The molecule has 1 amide bonds. The Labute approximate surface area is 142 Å². The predicted octanol–water partition coefficient (Wildman–Crippen LogP) is 2.66. The van der Waals surface area contributed by atoms with Crippen molar-refractivity contribution in [2.45, 2.75) is 45.4 Å². The summed E-state index contributed by atoms with van der Waals surface area (Å²) in [6, 6.07) is 6.13. The second-order valence-corrected chi connectivity index (χ2v) is 6.06. The van der Waals surface area contributed by atoms with Gasteiger partial charge in [0, 0.05) is 6.42 Å². The van der Waals surface area contributed by atoms with E-state index in [1.807, 2.05) is 0 Å². The van der Waals surface area contributed by atoms with E-state index in [0.717, 1.165) is 5.56 Å². The third-order valence-electron chi connectivity index (χ3n) is 2.83. The summed E-state index contributed by atoms with van der Waals surface area (Å²) in [5.74, 6) is 2.46. The van der Waals surface area contributed by atoms with E-state index in [9.17, 15) is 9.59 Å². The standard InChI is InChI=1S/C18H23NO5/c1-6-7-15(16(20)24-18(2,3)4)19-17(21)23-12-13-8-10-14(22-5)11-9-13/h1,8-11,15H,7,12H2,2-5H3,(H,19,21). The van der Waals surface area contributed by atoms with Crippen LogP contribution < -0.4 is 10.1 Å². The van der Waals surface area contributed by atoms with Gasteiger partial charge < -0.3 is 19.5 Å². The summed E-state index contributed by atoms with van der Waals surface area (Å²) in [6.07, 6.45) is 4.52. The Morgan fingerprint density at radius 3 is 2.38 bits per heavy atom. The molecule has 6 heteroatoms. The van der Waals surface area contributed by atoms with Crippen LogP contribution in [-0.4, -0.2) is 30.8 Å². The molecule has 0 aliphatic rings. The van der Waals surface area contributed by atoms with E-state index in [1.54, 1.807) is 52.1 Å². The second-order valence-electron chi connectivity index (χ2n) is 6.06. The van der Waals surface area contributed by atoms with E-state index in [-0.39, 0.29) is 13.0 Å². The summed E-state index contributed by atoms with van der Waals surface area (Å²) in [4.78, 5) is 23.9. The Kier molecular flexibility index (Phi) is 7.12. The molecule has 1 aromatic rings. The van der Waals surface area contributed by atoms with Gasteiger partial charge in [0.05, 0.1) is 7.11 Å². The SMILES string of the molecule is C#CCC(NC(=O)OCc1ccc(OC)cc1)C(=O)OC(C)(C)C. The van der Waals surface area contributed by atoms with Gasteiger partial charge in [0.15, 0.2) is 0 Å². The van der Waals surface area contributed by atoms with Crippen molar-refractivity contribution in [2.24, 2.45) is 0 Å². The molecule has 1 rings (SSSR count). The summed E-state index contributed by atoms with van der Waals surface area (Å²) < 4.78 is 15.4. The summed E-state index contributed by atoms with van der Waals surface area (Å²) in [5, 5.41) is 2.43. The number of carbonyl (C=O) groups excluding carboxylic acids is 2. The van der Waals surface area contributed by atoms with Crippen LogP contribution in [0, 0.1) is 12.3 Å². The van der Waals surface area contributed by atoms with Gasteiger partial charge in [-0.2, -0.15) is 0 Å². The lowest BCUT2D eigenvalue weighted by Crippen LogP contribution is -2.44. The van der Waals surface area contributed by atoms with E-state index in [2.05, 4.69) is 11.2 Å². The number of terminal acetylenes is 1. The van der Waals surface area contributed by atoms with Crippen molar-refractivity contribution in [1.82, 2.24) is 5.32 Å². The van der Waals surface area contributed by atoms with Crippen LogP contribution in [0.25, 0.3) is 0 Å². The van der Waals surface area contributed by atoms with E-state index in [4.69, 9.17) is 20.6 Å². The van der Waals surface area contributed by atoms with Crippen molar-refractivity contribution in [3.8, 4) is 18.1 Å². The minimum absolute atomic E-state index is 0.0204. The number of amides is 1. The first kappa shape index (κ1) is 19.4. The van der Waals surface area contributed by atoms with Gasteiger partial charge in [-0.05, 0) is 38.5 Å². The summed E-state index contributed by atoms with van der Waals surface area (Å²) in [7, 11) is 1.57. The lowest BCUT2D eigenvalue weighted by Gasteiger charge is -2.23. The number of rotatable bonds is 6.